The third-order valence-corrected chi connectivity index (χ3v) is 4.21. The van der Waals surface area contributed by atoms with E-state index in [0.717, 1.165) is 33.7 Å². The molecule has 0 aliphatic heterocycles. The molecule has 0 bridgehead atoms. The van der Waals surface area contributed by atoms with Crippen LogP contribution in [0.4, 0.5) is 11.4 Å². The number of benzene rings is 3. The zero-order valence-electron chi connectivity index (χ0n) is 14.1. The van der Waals surface area contributed by atoms with Crippen LogP contribution in [0, 0.1) is 6.92 Å². The van der Waals surface area contributed by atoms with Gasteiger partial charge >= 0.3 is 0 Å². The van der Waals surface area contributed by atoms with Gasteiger partial charge < -0.3 is 10.1 Å². The van der Waals surface area contributed by atoms with Crippen LogP contribution < -0.4 is 10.1 Å². The van der Waals surface area contributed by atoms with Crippen molar-refractivity contribution in [3.8, 4) is 5.75 Å². The number of halogens is 1. The molecule has 3 nitrogen and oxygen atoms in total. The molecule has 0 unspecified atom stereocenters. The molecule has 3 aromatic carbocycles. The molecular weight excluding hydrogens is 332 g/mol. The van der Waals surface area contributed by atoms with E-state index < -0.39 is 0 Å². The van der Waals surface area contributed by atoms with Crippen LogP contribution in [0.25, 0.3) is 21.7 Å². The molecule has 1 N–H and O–H groups in total. The standard InChI is InChI=1S/C21H18N2O.ClH/c1-14-13-19(23-18-9-5-6-10-20(18)24-2)17-12-11-15-7-3-4-8-16(15)21(17)22-14;/h3-13H,1-2H3,(H,22,23);1H. The van der Waals surface area contributed by atoms with Crippen molar-refractivity contribution < 1.29 is 4.74 Å². The smallest absolute Gasteiger partial charge is 0.142 e. The molecule has 0 fully saturated rings. The second-order valence-electron chi connectivity index (χ2n) is 5.82. The number of hydrogen-bond acceptors (Lipinski definition) is 3. The van der Waals surface area contributed by atoms with Crippen molar-refractivity contribution in [2.45, 2.75) is 6.92 Å². The van der Waals surface area contributed by atoms with Gasteiger partial charge in [-0.25, -0.2) is 0 Å². The monoisotopic (exact) mass is 350 g/mol. The highest BCUT2D eigenvalue weighted by Gasteiger charge is 2.09. The minimum atomic E-state index is 0. The van der Waals surface area contributed by atoms with E-state index in [9.17, 15) is 0 Å². The van der Waals surface area contributed by atoms with Crippen LogP contribution in [0.1, 0.15) is 5.69 Å². The molecule has 0 spiro atoms. The number of ether oxygens (including phenoxy) is 1. The lowest BCUT2D eigenvalue weighted by Gasteiger charge is -2.14. The van der Waals surface area contributed by atoms with Crippen LogP contribution >= 0.6 is 12.4 Å². The first-order valence-electron chi connectivity index (χ1n) is 7.95. The minimum Gasteiger partial charge on any atom is -0.495 e. The van der Waals surface area contributed by atoms with Crippen molar-refractivity contribution in [1.29, 1.82) is 0 Å². The lowest BCUT2D eigenvalue weighted by Crippen LogP contribution is -1.97. The van der Waals surface area contributed by atoms with Crippen LogP contribution in [-0.4, -0.2) is 12.1 Å². The Hall–Kier alpha value is -2.78. The number of para-hydroxylation sites is 2. The van der Waals surface area contributed by atoms with Crippen molar-refractivity contribution in [2.75, 3.05) is 12.4 Å². The van der Waals surface area contributed by atoms with Gasteiger partial charge in [0.15, 0.2) is 0 Å². The summed E-state index contributed by atoms with van der Waals surface area (Å²) >= 11 is 0. The number of nitrogens with zero attached hydrogens (tertiary/aromatic N) is 1. The molecule has 0 aliphatic rings. The Labute approximate surface area is 153 Å². The Balaban J connectivity index is 0.00000182. The average molecular weight is 351 g/mol. The molecule has 0 atom stereocenters. The van der Waals surface area contributed by atoms with Gasteiger partial charge in [-0.05, 0) is 30.5 Å². The molecule has 1 aromatic heterocycles. The molecule has 0 saturated carbocycles. The number of rotatable bonds is 3. The highest BCUT2D eigenvalue weighted by molar-refractivity contribution is 6.09. The van der Waals surface area contributed by atoms with Gasteiger partial charge in [-0.1, -0.05) is 48.5 Å². The highest BCUT2D eigenvalue weighted by Crippen LogP contribution is 2.33. The topological polar surface area (TPSA) is 34.1 Å². The lowest BCUT2D eigenvalue weighted by molar-refractivity contribution is 0.417. The Kier molecular flexibility index (Phi) is 4.77. The molecule has 0 saturated heterocycles. The maximum atomic E-state index is 5.45. The van der Waals surface area contributed by atoms with E-state index in [2.05, 4.69) is 47.8 Å². The summed E-state index contributed by atoms with van der Waals surface area (Å²) in [6.07, 6.45) is 0. The summed E-state index contributed by atoms with van der Waals surface area (Å²) in [4.78, 5) is 4.78. The van der Waals surface area contributed by atoms with Gasteiger partial charge in [-0.3, -0.25) is 4.98 Å². The first-order valence-corrected chi connectivity index (χ1v) is 7.95. The van der Waals surface area contributed by atoms with Gasteiger partial charge in [-0.2, -0.15) is 0 Å². The summed E-state index contributed by atoms with van der Waals surface area (Å²) in [7, 11) is 1.68. The van der Waals surface area contributed by atoms with E-state index in [1.807, 2.05) is 31.2 Å². The summed E-state index contributed by atoms with van der Waals surface area (Å²) in [6, 6.07) is 22.6. The predicted molar refractivity (Wildman–Crippen MR) is 108 cm³/mol. The van der Waals surface area contributed by atoms with E-state index in [4.69, 9.17) is 9.72 Å². The number of anilines is 2. The fourth-order valence-corrected chi connectivity index (χ4v) is 3.08. The largest absolute Gasteiger partial charge is 0.495 e. The predicted octanol–water partition coefficient (Wildman–Crippen LogP) is 5.87. The normalized spacial score (nSPS) is 10.5. The number of pyridine rings is 1. The number of aryl methyl sites for hydroxylation is 1. The molecule has 126 valence electrons. The number of nitrogens with one attached hydrogen (secondary N) is 1. The number of methoxy groups -OCH3 is 1. The van der Waals surface area contributed by atoms with Crippen molar-refractivity contribution in [1.82, 2.24) is 4.98 Å². The average Bonchev–Trinajstić information content (AvgIpc) is 2.62. The summed E-state index contributed by atoms with van der Waals surface area (Å²) in [6.45, 7) is 2.02. The Morgan fingerprint density at radius 2 is 1.60 bits per heavy atom. The summed E-state index contributed by atoms with van der Waals surface area (Å²) < 4.78 is 5.45. The third kappa shape index (κ3) is 3.11. The van der Waals surface area contributed by atoms with Gasteiger partial charge in [-0.15, -0.1) is 12.4 Å². The molecule has 25 heavy (non-hydrogen) atoms. The fraction of sp³-hybridized carbons (Fsp3) is 0.0952. The van der Waals surface area contributed by atoms with E-state index in [-0.39, 0.29) is 12.4 Å². The van der Waals surface area contributed by atoms with E-state index >= 15 is 0 Å². The van der Waals surface area contributed by atoms with Crippen molar-refractivity contribution >= 4 is 45.5 Å². The Morgan fingerprint density at radius 1 is 0.840 bits per heavy atom. The second kappa shape index (κ2) is 6.99. The maximum Gasteiger partial charge on any atom is 0.142 e. The lowest BCUT2D eigenvalue weighted by atomic mass is 10.0. The van der Waals surface area contributed by atoms with E-state index in [0.29, 0.717) is 0 Å². The van der Waals surface area contributed by atoms with Gasteiger partial charge in [0, 0.05) is 22.2 Å². The number of fused-ring (bicyclic) bond motifs is 3. The van der Waals surface area contributed by atoms with Gasteiger partial charge in [0.25, 0.3) is 0 Å². The van der Waals surface area contributed by atoms with Crippen molar-refractivity contribution in [2.24, 2.45) is 0 Å². The second-order valence-corrected chi connectivity index (χ2v) is 5.82. The van der Waals surface area contributed by atoms with Gasteiger partial charge in [0.2, 0.25) is 0 Å². The highest BCUT2D eigenvalue weighted by atomic mass is 35.5. The van der Waals surface area contributed by atoms with Crippen LogP contribution in [0.15, 0.2) is 66.7 Å². The Morgan fingerprint density at radius 3 is 2.44 bits per heavy atom. The van der Waals surface area contributed by atoms with E-state index in [1.165, 1.54) is 10.8 Å². The molecule has 4 heteroatoms. The summed E-state index contributed by atoms with van der Waals surface area (Å²) in [5.41, 5.74) is 3.98. The van der Waals surface area contributed by atoms with Crippen LogP contribution in [0.5, 0.6) is 5.75 Å². The summed E-state index contributed by atoms with van der Waals surface area (Å²) in [5, 5.41) is 6.98. The van der Waals surface area contributed by atoms with Crippen molar-refractivity contribution in [3.05, 3.63) is 72.4 Å². The van der Waals surface area contributed by atoms with Gasteiger partial charge in [0.1, 0.15) is 5.75 Å². The molecule has 4 aromatic rings. The SMILES string of the molecule is COc1ccccc1Nc1cc(C)nc2c1ccc1ccccc12.Cl. The number of aromatic nitrogens is 1. The maximum absolute atomic E-state index is 5.45. The Bertz CT molecular complexity index is 1050. The zero-order chi connectivity index (χ0) is 16.5. The van der Waals surface area contributed by atoms with E-state index in [1.54, 1.807) is 7.11 Å². The fourth-order valence-electron chi connectivity index (χ4n) is 3.08. The molecule has 0 radical (unpaired) electrons. The molecular formula is C21H19ClN2O. The molecule has 0 aliphatic carbocycles. The van der Waals surface area contributed by atoms with Crippen LogP contribution in [0.3, 0.4) is 0 Å². The third-order valence-electron chi connectivity index (χ3n) is 4.21. The zero-order valence-corrected chi connectivity index (χ0v) is 14.9. The van der Waals surface area contributed by atoms with Gasteiger partial charge in [0.05, 0.1) is 18.3 Å². The molecule has 1 heterocycles. The molecule has 0 amide bonds. The van der Waals surface area contributed by atoms with Crippen LogP contribution in [0.2, 0.25) is 0 Å². The minimum absolute atomic E-state index is 0. The molecule has 4 rings (SSSR count). The first kappa shape index (κ1) is 17.1. The van der Waals surface area contributed by atoms with Crippen LogP contribution in [-0.2, 0) is 0 Å². The first-order chi connectivity index (χ1) is 11.8. The quantitative estimate of drug-likeness (QED) is 0.469. The number of hydrogen-bond donors (Lipinski definition) is 1. The van der Waals surface area contributed by atoms with Crippen molar-refractivity contribution in [3.63, 3.8) is 0 Å². The summed E-state index contributed by atoms with van der Waals surface area (Å²) in [5.74, 6) is 0.820.